The second-order valence-corrected chi connectivity index (χ2v) is 8.37. The molecule has 146 valence electrons. The highest BCUT2D eigenvalue weighted by Gasteiger charge is 2.31. The van der Waals surface area contributed by atoms with E-state index in [1.54, 1.807) is 31.2 Å². The van der Waals surface area contributed by atoms with Crippen LogP contribution in [0.4, 0.5) is 0 Å². The Morgan fingerprint density at radius 3 is 2.14 bits per heavy atom. The van der Waals surface area contributed by atoms with Crippen LogP contribution in [-0.2, 0) is 21.2 Å². The van der Waals surface area contributed by atoms with E-state index in [-0.39, 0.29) is 4.90 Å². The Balaban J connectivity index is 2.41. The number of rotatable bonds is 5. The van der Waals surface area contributed by atoms with Crippen molar-refractivity contribution in [2.24, 2.45) is 0 Å². The minimum absolute atomic E-state index is 0.174. The minimum Gasteiger partial charge on any atom is -0.465 e. The number of hydrogen-bond acceptors (Lipinski definition) is 4. The van der Waals surface area contributed by atoms with E-state index in [1.165, 1.54) is 11.1 Å². The molecule has 0 aliphatic carbocycles. The summed E-state index contributed by atoms with van der Waals surface area (Å²) in [4.78, 5) is 12.7. The van der Waals surface area contributed by atoms with Gasteiger partial charge in [-0.2, -0.15) is 0 Å². The van der Waals surface area contributed by atoms with Gasteiger partial charge < -0.3 is 4.74 Å². The normalized spacial score (nSPS) is 11.4. The fourth-order valence-corrected chi connectivity index (χ4v) is 5.05. The zero-order valence-electron chi connectivity index (χ0n) is 16.4. The lowest BCUT2D eigenvalue weighted by Crippen LogP contribution is -2.16. The van der Waals surface area contributed by atoms with E-state index in [1.807, 2.05) is 44.2 Å². The van der Waals surface area contributed by atoms with Crippen LogP contribution in [0.3, 0.4) is 0 Å². The van der Waals surface area contributed by atoms with Gasteiger partial charge in [-0.25, -0.2) is 17.2 Å². The number of esters is 1. The number of methoxy groups -OCH3 is 1. The average molecular weight is 397 g/mol. The van der Waals surface area contributed by atoms with Crippen LogP contribution < -0.4 is 0 Å². The molecule has 3 aromatic rings. The summed E-state index contributed by atoms with van der Waals surface area (Å²) < 4.78 is 33.4. The standard InChI is InChI=1S/C22H23NO4S/c1-5-19-20(22(24)27-4)16(3)23(21(19)17-9-7-6-8-10-17)28(25,26)18-13-11-15(2)12-14-18/h6-14H,5H2,1-4H3. The Bertz CT molecular complexity index is 1110. The summed E-state index contributed by atoms with van der Waals surface area (Å²) in [6.45, 7) is 5.44. The zero-order valence-corrected chi connectivity index (χ0v) is 17.2. The monoisotopic (exact) mass is 397 g/mol. The first-order valence-corrected chi connectivity index (χ1v) is 10.5. The van der Waals surface area contributed by atoms with Gasteiger partial charge in [-0.15, -0.1) is 0 Å². The number of ether oxygens (including phenoxy) is 1. The van der Waals surface area contributed by atoms with E-state index >= 15 is 0 Å². The van der Waals surface area contributed by atoms with Crippen LogP contribution in [0.1, 0.15) is 34.1 Å². The summed E-state index contributed by atoms with van der Waals surface area (Å²) in [5.74, 6) is -0.538. The maximum Gasteiger partial charge on any atom is 0.340 e. The molecule has 0 aliphatic rings. The van der Waals surface area contributed by atoms with E-state index in [4.69, 9.17) is 4.74 Å². The molecule has 28 heavy (non-hydrogen) atoms. The smallest absolute Gasteiger partial charge is 0.340 e. The highest BCUT2D eigenvalue weighted by Crippen LogP contribution is 2.35. The first-order chi connectivity index (χ1) is 13.3. The Morgan fingerprint density at radius 2 is 1.61 bits per heavy atom. The molecule has 0 atom stereocenters. The lowest BCUT2D eigenvalue weighted by atomic mass is 10.0. The number of carbonyl (C=O) groups excluding carboxylic acids is 1. The van der Waals surface area contributed by atoms with Crippen molar-refractivity contribution in [2.75, 3.05) is 7.11 Å². The number of aromatic nitrogens is 1. The molecule has 0 radical (unpaired) electrons. The van der Waals surface area contributed by atoms with Crippen molar-refractivity contribution in [1.29, 1.82) is 0 Å². The van der Waals surface area contributed by atoms with E-state index in [0.29, 0.717) is 28.9 Å². The van der Waals surface area contributed by atoms with Crippen molar-refractivity contribution in [3.05, 3.63) is 77.0 Å². The summed E-state index contributed by atoms with van der Waals surface area (Å²) in [7, 11) is -2.61. The highest BCUT2D eigenvalue weighted by atomic mass is 32.2. The number of aryl methyl sites for hydroxylation is 1. The van der Waals surface area contributed by atoms with E-state index < -0.39 is 16.0 Å². The van der Waals surface area contributed by atoms with Crippen molar-refractivity contribution < 1.29 is 17.9 Å². The lowest BCUT2D eigenvalue weighted by molar-refractivity contribution is 0.0599. The molecule has 0 fully saturated rings. The Kier molecular flexibility index (Phi) is 5.42. The highest BCUT2D eigenvalue weighted by molar-refractivity contribution is 7.90. The molecular weight excluding hydrogens is 374 g/mol. The number of carbonyl (C=O) groups is 1. The molecule has 0 N–H and O–H groups in total. The first-order valence-electron chi connectivity index (χ1n) is 9.03. The number of hydrogen-bond donors (Lipinski definition) is 0. The molecule has 6 heteroatoms. The maximum atomic E-state index is 13.6. The SMILES string of the molecule is CCc1c(C(=O)OC)c(C)n(S(=O)(=O)c2ccc(C)cc2)c1-c1ccccc1. The minimum atomic E-state index is -3.91. The predicted molar refractivity (Wildman–Crippen MR) is 109 cm³/mol. The van der Waals surface area contributed by atoms with Crippen LogP contribution in [0.15, 0.2) is 59.5 Å². The van der Waals surface area contributed by atoms with Crippen molar-refractivity contribution in [2.45, 2.75) is 32.1 Å². The molecule has 0 unspecified atom stereocenters. The third-order valence-corrected chi connectivity index (χ3v) is 6.61. The summed E-state index contributed by atoms with van der Waals surface area (Å²) in [6, 6.07) is 15.9. The van der Waals surface area contributed by atoms with E-state index in [0.717, 1.165) is 11.1 Å². The molecular formula is C22H23NO4S. The zero-order chi connectivity index (χ0) is 20.5. The van der Waals surface area contributed by atoms with E-state index in [9.17, 15) is 13.2 Å². The molecule has 0 spiro atoms. The largest absolute Gasteiger partial charge is 0.465 e. The third kappa shape index (κ3) is 3.24. The topological polar surface area (TPSA) is 65.4 Å². The lowest BCUT2D eigenvalue weighted by Gasteiger charge is -2.14. The molecule has 0 saturated heterocycles. The van der Waals surface area contributed by atoms with Gasteiger partial charge >= 0.3 is 5.97 Å². The number of benzene rings is 2. The third-order valence-electron chi connectivity index (χ3n) is 4.81. The van der Waals surface area contributed by atoms with Crippen LogP contribution in [0.25, 0.3) is 11.3 Å². The fraction of sp³-hybridized carbons (Fsp3) is 0.227. The average Bonchev–Trinajstić information content (AvgIpc) is 3.01. The fourth-order valence-electron chi connectivity index (χ4n) is 3.45. The van der Waals surface area contributed by atoms with Gasteiger partial charge in [-0.1, -0.05) is 55.0 Å². The Morgan fingerprint density at radius 1 is 1.00 bits per heavy atom. The quantitative estimate of drug-likeness (QED) is 0.600. The van der Waals surface area contributed by atoms with Crippen molar-refractivity contribution >= 4 is 16.0 Å². The molecule has 3 rings (SSSR count). The van der Waals surface area contributed by atoms with Crippen LogP contribution in [0.2, 0.25) is 0 Å². The Labute approximate surface area is 165 Å². The van der Waals surface area contributed by atoms with Crippen molar-refractivity contribution in [3.63, 3.8) is 0 Å². The molecule has 1 heterocycles. The molecule has 1 aromatic heterocycles. The van der Waals surface area contributed by atoms with Crippen LogP contribution in [-0.4, -0.2) is 25.5 Å². The summed E-state index contributed by atoms with van der Waals surface area (Å²) >= 11 is 0. The van der Waals surface area contributed by atoms with E-state index in [2.05, 4.69) is 0 Å². The Hall–Kier alpha value is -2.86. The molecule has 2 aromatic carbocycles. The van der Waals surface area contributed by atoms with Gasteiger partial charge in [0.05, 0.1) is 23.3 Å². The van der Waals surface area contributed by atoms with Crippen molar-refractivity contribution in [3.8, 4) is 11.3 Å². The van der Waals surface area contributed by atoms with Gasteiger partial charge in [0.15, 0.2) is 0 Å². The summed E-state index contributed by atoms with van der Waals surface area (Å²) in [6.07, 6.45) is 0.492. The van der Waals surface area contributed by atoms with Crippen LogP contribution in [0.5, 0.6) is 0 Å². The van der Waals surface area contributed by atoms with Crippen LogP contribution >= 0.6 is 0 Å². The van der Waals surface area contributed by atoms with Gasteiger partial charge in [-0.3, -0.25) is 0 Å². The predicted octanol–water partition coefficient (Wildman–Crippen LogP) is 4.36. The molecule has 0 amide bonds. The molecule has 0 bridgehead atoms. The molecule has 5 nitrogen and oxygen atoms in total. The summed E-state index contributed by atoms with van der Waals surface area (Å²) in [5, 5.41) is 0. The molecule has 0 aliphatic heterocycles. The van der Waals surface area contributed by atoms with Gasteiger partial charge in [-0.05, 0) is 43.5 Å². The first kappa shape index (κ1) is 19.9. The van der Waals surface area contributed by atoms with Gasteiger partial charge in [0.25, 0.3) is 10.0 Å². The second-order valence-electron chi connectivity index (χ2n) is 6.58. The second kappa shape index (κ2) is 7.64. The number of nitrogens with zero attached hydrogens (tertiary/aromatic N) is 1. The van der Waals surface area contributed by atoms with Gasteiger partial charge in [0.2, 0.25) is 0 Å². The summed E-state index contributed by atoms with van der Waals surface area (Å²) in [5.41, 5.74) is 3.51. The molecule has 0 saturated carbocycles. The maximum absolute atomic E-state index is 13.6. The van der Waals surface area contributed by atoms with Gasteiger partial charge in [0, 0.05) is 5.69 Å². The van der Waals surface area contributed by atoms with Gasteiger partial charge in [0.1, 0.15) is 0 Å². The van der Waals surface area contributed by atoms with Crippen molar-refractivity contribution in [1.82, 2.24) is 3.97 Å². The van der Waals surface area contributed by atoms with Crippen LogP contribution in [0, 0.1) is 13.8 Å².